The molecule has 2 aromatic rings. The molecule has 0 spiro atoms. The molecule has 0 atom stereocenters. The van der Waals surface area contributed by atoms with E-state index in [2.05, 4.69) is 27.4 Å². The summed E-state index contributed by atoms with van der Waals surface area (Å²) >= 11 is 12.2. The van der Waals surface area contributed by atoms with Crippen LogP contribution in [0.5, 0.6) is 0 Å². The second-order valence-corrected chi connectivity index (χ2v) is 6.32. The topological polar surface area (TPSA) is 29.9 Å². The van der Waals surface area contributed by atoms with E-state index in [1.54, 1.807) is 6.07 Å². The van der Waals surface area contributed by atoms with Gasteiger partial charge in [0.05, 0.1) is 34.0 Å². The molecule has 0 amide bonds. The minimum absolute atomic E-state index is 0.561. The average Bonchev–Trinajstić information content (AvgIpc) is 2.99. The molecule has 0 unspecified atom stereocenters. The van der Waals surface area contributed by atoms with Crippen molar-refractivity contribution in [1.82, 2.24) is 9.78 Å². The van der Waals surface area contributed by atoms with Gasteiger partial charge in [-0.25, -0.2) is 0 Å². The minimum atomic E-state index is 0.561. The summed E-state index contributed by atoms with van der Waals surface area (Å²) in [5.74, 6) is 0. The van der Waals surface area contributed by atoms with Gasteiger partial charge in [-0.1, -0.05) is 48.5 Å². The van der Waals surface area contributed by atoms with Crippen LogP contribution in [0.15, 0.2) is 30.5 Å². The fourth-order valence-corrected chi connectivity index (χ4v) is 3.21. The van der Waals surface area contributed by atoms with Gasteiger partial charge in [0.1, 0.15) is 0 Å². The Kier molecular flexibility index (Phi) is 4.71. The maximum Gasteiger partial charge on any atom is 0.0823 e. The number of hydrogen-bond donors (Lipinski definition) is 1. The van der Waals surface area contributed by atoms with Gasteiger partial charge in [0.15, 0.2) is 0 Å². The van der Waals surface area contributed by atoms with Gasteiger partial charge in [0.25, 0.3) is 0 Å². The SMILES string of the molecule is Clc1cccc(NCc2ccn(C3CCCCC3)n2)c1Cl. The molecule has 1 heterocycles. The van der Waals surface area contributed by atoms with E-state index in [1.807, 2.05) is 12.1 Å². The summed E-state index contributed by atoms with van der Waals surface area (Å²) in [4.78, 5) is 0. The molecule has 0 bridgehead atoms. The number of rotatable bonds is 4. The van der Waals surface area contributed by atoms with E-state index < -0.39 is 0 Å². The summed E-state index contributed by atoms with van der Waals surface area (Å²) in [5.41, 5.74) is 1.87. The lowest BCUT2D eigenvalue weighted by atomic mass is 9.96. The van der Waals surface area contributed by atoms with Crippen LogP contribution in [0.2, 0.25) is 10.0 Å². The summed E-state index contributed by atoms with van der Waals surface area (Å²) < 4.78 is 2.12. The molecule has 1 aromatic carbocycles. The monoisotopic (exact) mass is 323 g/mol. The van der Waals surface area contributed by atoms with Crippen LogP contribution in [-0.2, 0) is 6.54 Å². The highest BCUT2D eigenvalue weighted by atomic mass is 35.5. The summed E-state index contributed by atoms with van der Waals surface area (Å²) in [5, 5.41) is 9.10. The van der Waals surface area contributed by atoms with E-state index in [1.165, 1.54) is 32.1 Å². The maximum atomic E-state index is 6.17. The van der Waals surface area contributed by atoms with Crippen LogP contribution < -0.4 is 5.32 Å². The Bertz CT molecular complexity index is 603. The number of anilines is 1. The number of hydrogen-bond acceptors (Lipinski definition) is 2. The van der Waals surface area contributed by atoms with Crippen molar-refractivity contribution in [3.8, 4) is 0 Å². The van der Waals surface area contributed by atoms with Crippen molar-refractivity contribution in [3.63, 3.8) is 0 Å². The summed E-state index contributed by atoms with van der Waals surface area (Å²) in [6, 6.07) is 8.23. The standard InChI is InChI=1S/C16H19Cl2N3/c17-14-7-4-8-15(16(14)18)19-11-12-9-10-21(20-12)13-5-2-1-3-6-13/h4,7-10,13,19H,1-3,5-6,11H2. The first-order chi connectivity index (χ1) is 10.2. The Morgan fingerprint density at radius 3 is 2.76 bits per heavy atom. The van der Waals surface area contributed by atoms with Gasteiger partial charge in [-0.05, 0) is 31.0 Å². The fourth-order valence-electron chi connectivity index (χ4n) is 2.85. The smallest absolute Gasteiger partial charge is 0.0823 e. The molecule has 3 rings (SSSR count). The number of nitrogens with one attached hydrogen (secondary N) is 1. The maximum absolute atomic E-state index is 6.17. The molecule has 1 fully saturated rings. The van der Waals surface area contributed by atoms with E-state index in [0.29, 0.717) is 22.6 Å². The molecule has 112 valence electrons. The number of aromatic nitrogens is 2. The largest absolute Gasteiger partial charge is 0.378 e. The molecule has 0 aliphatic heterocycles. The number of halogens is 2. The highest BCUT2D eigenvalue weighted by Gasteiger charge is 2.16. The molecule has 5 heteroatoms. The van der Waals surface area contributed by atoms with Crippen LogP contribution in [0.1, 0.15) is 43.8 Å². The Balaban J connectivity index is 1.63. The van der Waals surface area contributed by atoms with Crippen LogP contribution in [0.3, 0.4) is 0 Å². The van der Waals surface area contributed by atoms with Crippen molar-refractivity contribution in [2.75, 3.05) is 5.32 Å². The van der Waals surface area contributed by atoms with E-state index in [0.717, 1.165) is 11.4 Å². The van der Waals surface area contributed by atoms with Gasteiger partial charge in [-0.2, -0.15) is 5.10 Å². The lowest BCUT2D eigenvalue weighted by Crippen LogP contribution is -2.13. The van der Waals surface area contributed by atoms with Crippen molar-refractivity contribution in [2.24, 2.45) is 0 Å². The molecule has 0 saturated heterocycles. The first kappa shape index (κ1) is 14.7. The lowest BCUT2D eigenvalue weighted by Gasteiger charge is -2.21. The van der Waals surface area contributed by atoms with Gasteiger partial charge in [-0.15, -0.1) is 0 Å². The molecule has 1 N–H and O–H groups in total. The molecule has 1 aliphatic carbocycles. The zero-order valence-electron chi connectivity index (χ0n) is 11.9. The highest BCUT2D eigenvalue weighted by Crippen LogP contribution is 2.30. The van der Waals surface area contributed by atoms with Crippen LogP contribution in [0.4, 0.5) is 5.69 Å². The van der Waals surface area contributed by atoms with Crippen molar-refractivity contribution in [2.45, 2.75) is 44.7 Å². The summed E-state index contributed by atoms with van der Waals surface area (Å²) in [6.07, 6.45) is 8.57. The van der Waals surface area contributed by atoms with E-state index in [4.69, 9.17) is 23.2 Å². The zero-order valence-corrected chi connectivity index (χ0v) is 13.4. The van der Waals surface area contributed by atoms with Crippen LogP contribution in [-0.4, -0.2) is 9.78 Å². The normalized spacial score (nSPS) is 16.1. The minimum Gasteiger partial charge on any atom is -0.378 e. The predicted molar refractivity (Wildman–Crippen MR) is 88.1 cm³/mol. The first-order valence-corrected chi connectivity index (χ1v) is 8.21. The van der Waals surface area contributed by atoms with Crippen molar-refractivity contribution >= 4 is 28.9 Å². The van der Waals surface area contributed by atoms with Crippen molar-refractivity contribution < 1.29 is 0 Å². The van der Waals surface area contributed by atoms with E-state index in [9.17, 15) is 0 Å². The molecule has 21 heavy (non-hydrogen) atoms. The highest BCUT2D eigenvalue weighted by molar-refractivity contribution is 6.43. The molecule has 1 saturated carbocycles. The summed E-state index contributed by atoms with van der Waals surface area (Å²) in [6.45, 7) is 0.653. The fraction of sp³-hybridized carbons (Fsp3) is 0.438. The second kappa shape index (κ2) is 6.71. The third-order valence-electron chi connectivity index (χ3n) is 4.02. The molecule has 0 radical (unpaired) electrons. The number of benzene rings is 1. The molecule has 3 nitrogen and oxygen atoms in total. The second-order valence-electron chi connectivity index (χ2n) is 5.53. The third-order valence-corrected chi connectivity index (χ3v) is 4.84. The van der Waals surface area contributed by atoms with E-state index >= 15 is 0 Å². The quantitative estimate of drug-likeness (QED) is 0.826. The molecular formula is C16H19Cl2N3. The van der Waals surface area contributed by atoms with Crippen LogP contribution in [0, 0.1) is 0 Å². The molecular weight excluding hydrogens is 305 g/mol. The van der Waals surface area contributed by atoms with Gasteiger partial charge in [0.2, 0.25) is 0 Å². The van der Waals surface area contributed by atoms with Gasteiger partial charge in [-0.3, -0.25) is 4.68 Å². The average molecular weight is 324 g/mol. The molecule has 1 aromatic heterocycles. The zero-order chi connectivity index (χ0) is 14.7. The Morgan fingerprint density at radius 2 is 1.95 bits per heavy atom. The van der Waals surface area contributed by atoms with Gasteiger partial charge < -0.3 is 5.32 Å². The van der Waals surface area contributed by atoms with Crippen LogP contribution in [0.25, 0.3) is 0 Å². The first-order valence-electron chi connectivity index (χ1n) is 7.46. The van der Waals surface area contributed by atoms with Crippen LogP contribution >= 0.6 is 23.2 Å². The third kappa shape index (κ3) is 3.53. The van der Waals surface area contributed by atoms with Gasteiger partial charge in [0, 0.05) is 6.20 Å². The van der Waals surface area contributed by atoms with Crippen molar-refractivity contribution in [3.05, 3.63) is 46.2 Å². The molecule has 1 aliphatic rings. The number of nitrogens with zero attached hydrogens (tertiary/aromatic N) is 2. The summed E-state index contributed by atoms with van der Waals surface area (Å²) in [7, 11) is 0. The van der Waals surface area contributed by atoms with E-state index in [-0.39, 0.29) is 0 Å². The van der Waals surface area contributed by atoms with Crippen molar-refractivity contribution in [1.29, 1.82) is 0 Å². The predicted octanol–water partition coefficient (Wildman–Crippen LogP) is 5.31. The lowest BCUT2D eigenvalue weighted by molar-refractivity contribution is 0.328. The Labute approximate surface area is 135 Å². The Hall–Kier alpha value is -1.19. The van der Waals surface area contributed by atoms with Gasteiger partial charge >= 0.3 is 0 Å². The Morgan fingerprint density at radius 1 is 1.14 bits per heavy atom.